The lowest BCUT2D eigenvalue weighted by Crippen LogP contribution is -2.52. The molecule has 140 valence electrons. The van der Waals surface area contributed by atoms with E-state index in [9.17, 15) is 18.0 Å². The van der Waals surface area contributed by atoms with Gasteiger partial charge in [0.15, 0.2) is 0 Å². The molecule has 2 amide bonds. The van der Waals surface area contributed by atoms with Gasteiger partial charge in [-0.25, -0.2) is 8.42 Å². The van der Waals surface area contributed by atoms with Gasteiger partial charge in [0, 0.05) is 19.5 Å². The number of hydrogen-bond acceptors (Lipinski definition) is 4. The molecule has 7 nitrogen and oxygen atoms in total. The van der Waals surface area contributed by atoms with Crippen molar-refractivity contribution in [3.05, 3.63) is 30.3 Å². The Labute approximate surface area is 154 Å². The van der Waals surface area contributed by atoms with Gasteiger partial charge in [0.1, 0.15) is 6.04 Å². The minimum atomic E-state index is -3.74. The molecular formula is C18H23N3O4S. The number of nitrogens with one attached hydrogen (secondary N) is 2. The molecule has 1 unspecified atom stereocenters. The number of benzene rings is 1. The molecule has 0 spiro atoms. The monoisotopic (exact) mass is 377 g/mol. The van der Waals surface area contributed by atoms with Gasteiger partial charge in [0.2, 0.25) is 21.8 Å². The summed E-state index contributed by atoms with van der Waals surface area (Å²) in [5.41, 5.74) is 0. The zero-order valence-corrected chi connectivity index (χ0v) is 15.3. The molecule has 1 aromatic carbocycles. The van der Waals surface area contributed by atoms with E-state index in [1.165, 1.54) is 16.4 Å². The lowest BCUT2D eigenvalue weighted by Gasteiger charge is -2.33. The third-order valence-electron chi connectivity index (χ3n) is 4.15. The summed E-state index contributed by atoms with van der Waals surface area (Å²) < 4.78 is 27.0. The van der Waals surface area contributed by atoms with E-state index in [1.54, 1.807) is 18.2 Å². The molecule has 1 atom stereocenters. The van der Waals surface area contributed by atoms with Crippen LogP contribution in [0, 0.1) is 12.3 Å². The van der Waals surface area contributed by atoms with Gasteiger partial charge >= 0.3 is 0 Å². The fourth-order valence-corrected chi connectivity index (χ4v) is 4.52. The van der Waals surface area contributed by atoms with Gasteiger partial charge in [0.25, 0.3) is 0 Å². The van der Waals surface area contributed by atoms with E-state index < -0.39 is 16.1 Å². The quantitative estimate of drug-likeness (QED) is 0.676. The third-order valence-corrected chi connectivity index (χ3v) is 6.07. The molecule has 1 saturated heterocycles. The molecule has 1 aliphatic rings. The summed E-state index contributed by atoms with van der Waals surface area (Å²) in [6.07, 6.45) is 7.10. The Kier molecular flexibility index (Phi) is 7.18. The van der Waals surface area contributed by atoms with Crippen molar-refractivity contribution in [2.75, 3.05) is 19.6 Å². The molecule has 1 aromatic rings. The van der Waals surface area contributed by atoms with Crippen LogP contribution in [0.4, 0.5) is 0 Å². The van der Waals surface area contributed by atoms with Crippen molar-refractivity contribution in [1.82, 2.24) is 14.9 Å². The fourth-order valence-electron chi connectivity index (χ4n) is 2.84. The van der Waals surface area contributed by atoms with E-state index in [0.717, 1.165) is 6.42 Å². The number of sulfonamides is 1. The van der Waals surface area contributed by atoms with Crippen molar-refractivity contribution in [3.8, 4) is 12.3 Å². The average Bonchev–Trinajstić information content (AvgIpc) is 2.67. The standard InChI is InChI=1S/C18H23N3O4S/c1-2-12-19-17(22)11-13-20-18(23)16-10-6-7-14-21(16)26(24,25)15-8-4-3-5-9-15/h1,3-5,8-9,16H,6-7,10-14H2,(H,19,22)(H,20,23). The summed E-state index contributed by atoms with van der Waals surface area (Å²) in [5, 5.41) is 5.16. The highest BCUT2D eigenvalue weighted by Gasteiger charge is 2.37. The van der Waals surface area contributed by atoms with E-state index in [1.807, 2.05) is 0 Å². The predicted molar refractivity (Wildman–Crippen MR) is 97.4 cm³/mol. The van der Waals surface area contributed by atoms with Gasteiger partial charge in [-0.2, -0.15) is 4.31 Å². The Morgan fingerprint density at radius 1 is 1.19 bits per heavy atom. The van der Waals surface area contributed by atoms with Crippen LogP contribution in [0.25, 0.3) is 0 Å². The second-order valence-electron chi connectivity index (χ2n) is 5.96. The Morgan fingerprint density at radius 3 is 2.62 bits per heavy atom. The molecule has 1 aliphatic heterocycles. The molecule has 8 heteroatoms. The number of carbonyl (C=O) groups is 2. The number of nitrogens with zero attached hydrogens (tertiary/aromatic N) is 1. The molecule has 0 aromatic heterocycles. The third kappa shape index (κ3) is 5.07. The molecular weight excluding hydrogens is 354 g/mol. The molecule has 1 heterocycles. The maximum Gasteiger partial charge on any atom is 0.243 e. The van der Waals surface area contributed by atoms with Crippen LogP contribution in [0.15, 0.2) is 35.2 Å². The summed E-state index contributed by atoms with van der Waals surface area (Å²) in [6.45, 7) is 0.571. The van der Waals surface area contributed by atoms with Crippen molar-refractivity contribution in [2.24, 2.45) is 0 Å². The fraction of sp³-hybridized carbons (Fsp3) is 0.444. The highest BCUT2D eigenvalue weighted by atomic mass is 32.2. The van der Waals surface area contributed by atoms with E-state index in [4.69, 9.17) is 6.42 Å². The van der Waals surface area contributed by atoms with E-state index in [-0.39, 0.29) is 36.2 Å². The molecule has 0 radical (unpaired) electrons. The molecule has 0 saturated carbocycles. The van der Waals surface area contributed by atoms with Crippen LogP contribution in [0.2, 0.25) is 0 Å². The van der Waals surface area contributed by atoms with Crippen LogP contribution >= 0.6 is 0 Å². The van der Waals surface area contributed by atoms with Crippen LogP contribution in [0.1, 0.15) is 25.7 Å². The Hall–Kier alpha value is -2.37. The van der Waals surface area contributed by atoms with Crippen LogP contribution in [-0.2, 0) is 19.6 Å². The first kappa shape index (κ1) is 19.9. The summed E-state index contributed by atoms with van der Waals surface area (Å²) in [5.74, 6) is 1.65. The second kappa shape index (κ2) is 9.36. The first-order chi connectivity index (χ1) is 12.5. The minimum Gasteiger partial charge on any atom is -0.354 e. The lowest BCUT2D eigenvalue weighted by molar-refractivity contribution is -0.126. The van der Waals surface area contributed by atoms with Crippen LogP contribution in [0.5, 0.6) is 0 Å². The maximum atomic E-state index is 12.9. The largest absolute Gasteiger partial charge is 0.354 e. The van der Waals surface area contributed by atoms with Crippen LogP contribution in [-0.4, -0.2) is 50.2 Å². The summed E-state index contributed by atoms with van der Waals surface area (Å²) >= 11 is 0. The minimum absolute atomic E-state index is 0.0889. The average molecular weight is 377 g/mol. The van der Waals surface area contributed by atoms with Crippen molar-refractivity contribution < 1.29 is 18.0 Å². The van der Waals surface area contributed by atoms with Gasteiger partial charge in [-0.1, -0.05) is 30.5 Å². The maximum absolute atomic E-state index is 12.9. The smallest absolute Gasteiger partial charge is 0.243 e. The Balaban J connectivity index is 2.01. The molecule has 2 N–H and O–H groups in total. The van der Waals surface area contributed by atoms with E-state index in [2.05, 4.69) is 16.6 Å². The summed E-state index contributed by atoms with van der Waals surface area (Å²) in [4.78, 5) is 24.2. The number of piperidine rings is 1. The van der Waals surface area contributed by atoms with Crippen LogP contribution in [0.3, 0.4) is 0 Å². The van der Waals surface area contributed by atoms with E-state index in [0.29, 0.717) is 19.4 Å². The van der Waals surface area contributed by atoms with E-state index >= 15 is 0 Å². The number of carbonyl (C=O) groups excluding carboxylic acids is 2. The summed E-state index contributed by atoms with van der Waals surface area (Å²) in [6, 6.07) is 7.33. The molecule has 0 aliphatic carbocycles. The Morgan fingerprint density at radius 2 is 1.92 bits per heavy atom. The first-order valence-corrected chi connectivity index (χ1v) is 9.95. The molecule has 0 bridgehead atoms. The van der Waals surface area contributed by atoms with Gasteiger partial charge in [-0.05, 0) is 25.0 Å². The number of hydrogen-bond donors (Lipinski definition) is 2. The predicted octanol–water partition coefficient (Wildman–Crippen LogP) is 0.486. The second-order valence-corrected chi connectivity index (χ2v) is 7.85. The van der Waals surface area contributed by atoms with Gasteiger partial charge < -0.3 is 10.6 Å². The zero-order chi connectivity index (χ0) is 19.0. The normalized spacial score (nSPS) is 17.9. The SMILES string of the molecule is C#CCNC(=O)CCNC(=O)C1CCCCN1S(=O)(=O)c1ccccc1. The molecule has 26 heavy (non-hydrogen) atoms. The summed E-state index contributed by atoms with van der Waals surface area (Å²) in [7, 11) is -3.74. The lowest BCUT2D eigenvalue weighted by atomic mass is 10.0. The van der Waals surface area contributed by atoms with Crippen LogP contribution < -0.4 is 10.6 Å². The van der Waals surface area contributed by atoms with Crippen molar-refractivity contribution >= 4 is 21.8 Å². The highest BCUT2D eigenvalue weighted by molar-refractivity contribution is 7.89. The molecule has 1 fully saturated rings. The molecule has 2 rings (SSSR count). The topological polar surface area (TPSA) is 95.6 Å². The van der Waals surface area contributed by atoms with Gasteiger partial charge in [0.05, 0.1) is 11.4 Å². The first-order valence-electron chi connectivity index (χ1n) is 8.51. The van der Waals surface area contributed by atoms with Crippen molar-refractivity contribution in [2.45, 2.75) is 36.6 Å². The Bertz CT molecular complexity index is 771. The highest BCUT2D eigenvalue weighted by Crippen LogP contribution is 2.25. The number of amides is 2. The number of terminal acetylenes is 1. The number of rotatable bonds is 7. The van der Waals surface area contributed by atoms with Crippen molar-refractivity contribution in [3.63, 3.8) is 0 Å². The van der Waals surface area contributed by atoms with Crippen molar-refractivity contribution in [1.29, 1.82) is 0 Å². The zero-order valence-electron chi connectivity index (χ0n) is 14.5. The van der Waals surface area contributed by atoms with Gasteiger partial charge in [-0.15, -0.1) is 6.42 Å². The van der Waals surface area contributed by atoms with Gasteiger partial charge in [-0.3, -0.25) is 9.59 Å².